The van der Waals surface area contributed by atoms with Crippen molar-refractivity contribution in [2.75, 3.05) is 31.1 Å². The molecule has 1 atom stereocenters. The van der Waals surface area contributed by atoms with Crippen LogP contribution in [0.5, 0.6) is 0 Å². The molecular weight excluding hydrogens is 390 g/mol. The maximum absolute atomic E-state index is 13.0. The summed E-state index contributed by atoms with van der Waals surface area (Å²) >= 11 is 0. The number of likely N-dealkylation sites (tertiary alicyclic amines) is 1. The molecule has 27 heavy (non-hydrogen) atoms. The van der Waals surface area contributed by atoms with Crippen LogP contribution in [0.4, 0.5) is 0 Å². The number of hydrogen-bond acceptors (Lipinski definition) is 5. The van der Waals surface area contributed by atoms with Crippen LogP contribution in [0, 0.1) is 0 Å². The molecule has 0 radical (unpaired) electrons. The van der Waals surface area contributed by atoms with Gasteiger partial charge in [0.05, 0.1) is 11.5 Å². The average Bonchev–Trinajstić information content (AvgIpc) is 2.61. The molecule has 2 heterocycles. The van der Waals surface area contributed by atoms with E-state index in [2.05, 4.69) is 4.72 Å². The molecule has 2 aliphatic heterocycles. The highest BCUT2D eigenvalue weighted by Gasteiger charge is 2.39. The van der Waals surface area contributed by atoms with Crippen molar-refractivity contribution in [3.05, 3.63) is 0 Å². The van der Waals surface area contributed by atoms with Crippen molar-refractivity contribution >= 4 is 26.0 Å². The third-order valence-electron chi connectivity index (χ3n) is 5.18. The molecule has 0 aromatic heterocycles. The molecule has 1 unspecified atom stereocenters. The zero-order valence-electron chi connectivity index (χ0n) is 16.4. The fourth-order valence-electron chi connectivity index (χ4n) is 3.87. The predicted octanol–water partition coefficient (Wildman–Crippen LogP) is 0.901. The summed E-state index contributed by atoms with van der Waals surface area (Å²) in [5.74, 6) is 0.0422. The van der Waals surface area contributed by atoms with Crippen molar-refractivity contribution < 1.29 is 21.6 Å². The molecule has 0 bridgehead atoms. The van der Waals surface area contributed by atoms with Crippen molar-refractivity contribution in [3.63, 3.8) is 0 Å². The van der Waals surface area contributed by atoms with Gasteiger partial charge in [0.2, 0.25) is 26.0 Å². The van der Waals surface area contributed by atoms with Crippen molar-refractivity contribution in [1.82, 2.24) is 13.9 Å². The maximum Gasteiger partial charge on any atom is 0.241 e. The minimum absolute atomic E-state index is 0.0675. The summed E-state index contributed by atoms with van der Waals surface area (Å²) in [4.78, 5) is 14.7. The smallest absolute Gasteiger partial charge is 0.241 e. The fraction of sp³-hybridized carbons (Fsp3) is 0.941. The number of sulfonamides is 2. The van der Waals surface area contributed by atoms with Crippen LogP contribution in [-0.2, 0) is 24.8 Å². The predicted molar refractivity (Wildman–Crippen MR) is 105 cm³/mol. The highest BCUT2D eigenvalue weighted by Crippen LogP contribution is 2.24. The third kappa shape index (κ3) is 6.13. The highest BCUT2D eigenvalue weighted by atomic mass is 32.2. The Kier molecular flexibility index (Phi) is 8.08. The Bertz CT molecular complexity index is 700. The molecule has 0 aliphatic carbocycles. The molecule has 2 aliphatic rings. The van der Waals surface area contributed by atoms with Crippen LogP contribution < -0.4 is 4.72 Å². The SMILES string of the molecule is CCCS(=O)(=O)NC1CCN(C(=O)C2CCCCN2S(=O)(=O)CCC)CC1. The van der Waals surface area contributed by atoms with Gasteiger partial charge in [-0.1, -0.05) is 20.3 Å². The normalized spacial score (nSPS) is 23.5. The molecule has 0 spiro atoms. The van der Waals surface area contributed by atoms with Gasteiger partial charge in [0, 0.05) is 25.7 Å². The number of piperidine rings is 2. The van der Waals surface area contributed by atoms with Gasteiger partial charge in [-0.3, -0.25) is 4.79 Å². The van der Waals surface area contributed by atoms with E-state index in [0.29, 0.717) is 51.7 Å². The topological polar surface area (TPSA) is 104 Å². The lowest BCUT2D eigenvalue weighted by molar-refractivity contribution is -0.137. The maximum atomic E-state index is 13.0. The summed E-state index contributed by atoms with van der Waals surface area (Å²) in [6.07, 6.45) is 4.41. The second kappa shape index (κ2) is 9.67. The van der Waals surface area contributed by atoms with E-state index >= 15 is 0 Å². The number of carbonyl (C=O) groups is 1. The number of carbonyl (C=O) groups excluding carboxylic acids is 1. The van der Waals surface area contributed by atoms with Crippen LogP contribution in [-0.4, -0.2) is 75.2 Å². The van der Waals surface area contributed by atoms with E-state index in [-0.39, 0.29) is 23.5 Å². The van der Waals surface area contributed by atoms with E-state index in [4.69, 9.17) is 0 Å². The molecule has 2 rings (SSSR count). The summed E-state index contributed by atoms with van der Waals surface area (Å²) in [6.45, 7) is 4.96. The zero-order chi connectivity index (χ0) is 20.1. The van der Waals surface area contributed by atoms with Crippen molar-refractivity contribution in [2.24, 2.45) is 0 Å². The van der Waals surface area contributed by atoms with Crippen LogP contribution in [0.25, 0.3) is 0 Å². The summed E-state index contributed by atoms with van der Waals surface area (Å²) < 4.78 is 53.0. The molecule has 1 N–H and O–H groups in total. The number of hydrogen-bond donors (Lipinski definition) is 1. The van der Waals surface area contributed by atoms with Crippen molar-refractivity contribution in [3.8, 4) is 0 Å². The average molecular weight is 424 g/mol. The summed E-state index contributed by atoms with van der Waals surface area (Å²) in [5, 5.41) is 0. The minimum atomic E-state index is -3.41. The van der Waals surface area contributed by atoms with Crippen LogP contribution in [0.3, 0.4) is 0 Å². The number of rotatable bonds is 8. The molecule has 10 heteroatoms. The summed E-state index contributed by atoms with van der Waals surface area (Å²) in [7, 11) is -6.68. The zero-order valence-corrected chi connectivity index (χ0v) is 18.0. The van der Waals surface area contributed by atoms with Crippen LogP contribution in [0.15, 0.2) is 0 Å². The Hall–Kier alpha value is -0.710. The lowest BCUT2D eigenvalue weighted by Crippen LogP contribution is -2.56. The van der Waals surface area contributed by atoms with Gasteiger partial charge in [-0.05, 0) is 38.5 Å². The standard InChI is InChI=1S/C17H33N3O5S2/c1-3-13-26(22,23)18-15-8-11-19(12-9-15)17(21)16-7-5-6-10-20(16)27(24,25)14-4-2/h15-16,18H,3-14H2,1-2H3. The van der Waals surface area contributed by atoms with Gasteiger partial charge in [-0.15, -0.1) is 0 Å². The molecule has 1 amide bonds. The number of amides is 1. The van der Waals surface area contributed by atoms with Gasteiger partial charge in [0.25, 0.3) is 0 Å². The first kappa shape index (κ1) is 22.6. The van der Waals surface area contributed by atoms with Gasteiger partial charge in [-0.25, -0.2) is 21.6 Å². The first-order chi connectivity index (χ1) is 12.7. The molecule has 0 saturated carbocycles. The number of nitrogens with one attached hydrogen (secondary N) is 1. The molecule has 158 valence electrons. The monoisotopic (exact) mass is 423 g/mol. The third-order valence-corrected chi connectivity index (χ3v) is 8.90. The van der Waals surface area contributed by atoms with Crippen LogP contribution >= 0.6 is 0 Å². The summed E-state index contributed by atoms with van der Waals surface area (Å²) in [6, 6.07) is -0.763. The first-order valence-electron chi connectivity index (χ1n) is 9.98. The fourth-order valence-corrected chi connectivity index (χ4v) is 7.01. The molecule has 0 aromatic rings. The quantitative estimate of drug-likeness (QED) is 0.625. The van der Waals surface area contributed by atoms with Gasteiger partial charge >= 0.3 is 0 Å². The Morgan fingerprint density at radius 2 is 1.56 bits per heavy atom. The lowest BCUT2D eigenvalue weighted by Gasteiger charge is -2.39. The van der Waals surface area contributed by atoms with E-state index in [1.165, 1.54) is 4.31 Å². The number of nitrogens with zero attached hydrogens (tertiary/aromatic N) is 2. The van der Waals surface area contributed by atoms with Gasteiger partial charge in [-0.2, -0.15) is 4.31 Å². The Labute approximate surface area is 163 Å². The molecule has 2 fully saturated rings. The van der Waals surface area contributed by atoms with Gasteiger partial charge in [0.1, 0.15) is 6.04 Å². The van der Waals surface area contributed by atoms with E-state index in [1.54, 1.807) is 4.90 Å². The molecule has 2 saturated heterocycles. The summed E-state index contributed by atoms with van der Waals surface area (Å²) in [5.41, 5.74) is 0. The molecular formula is C17H33N3O5S2. The van der Waals surface area contributed by atoms with Gasteiger partial charge in [0.15, 0.2) is 0 Å². The second-order valence-corrected chi connectivity index (χ2v) is 11.4. The Balaban J connectivity index is 1.97. The highest BCUT2D eigenvalue weighted by molar-refractivity contribution is 7.89. The Morgan fingerprint density at radius 1 is 0.926 bits per heavy atom. The van der Waals surface area contributed by atoms with Crippen molar-refractivity contribution in [1.29, 1.82) is 0 Å². The van der Waals surface area contributed by atoms with Crippen molar-refractivity contribution in [2.45, 2.75) is 70.9 Å². The van der Waals surface area contributed by atoms with Crippen LogP contribution in [0.2, 0.25) is 0 Å². The van der Waals surface area contributed by atoms with E-state index < -0.39 is 26.1 Å². The Morgan fingerprint density at radius 3 is 2.15 bits per heavy atom. The van der Waals surface area contributed by atoms with Crippen LogP contribution in [0.1, 0.15) is 58.8 Å². The lowest BCUT2D eigenvalue weighted by atomic mass is 10.0. The largest absolute Gasteiger partial charge is 0.341 e. The van der Waals surface area contributed by atoms with Gasteiger partial charge < -0.3 is 4.90 Å². The molecule has 0 aromatic carbocycles. The minimum Gasteiger partial charge on any atom is -0.341 e. The van der Waals surface area contributed by atoms with E-state index in [9.17, 15) is 21.6 Å². The first-order valence-corrected chi connectivity index (χ1v) is 13.2. The second-order valence-electron chi connectivity index (χ2n) is 7.47. The van der Waals surface area contributed by atoms with E-state index in [0.717, 1.165) is 12.8 Å². The molecule has 8 nitrogen and oxygen atoms in total. The van der Waals surface area contributed by atoms with E-state index in [1.807, 2.05) is 13.8 Å².